The van der Waals surface area contributed by atoms with E-state index < -0.39 is 11.7 Å². The molecule has 0 atom stereocenters. The quantitative estimate of drug-likeness (QED) is 0.522. The molecule has 0 spiro atoms. The lowest BCUT2D eigenvalue weighted by Gasteiger charge is -2.36. The summed E-state index contributed by atoms with van der Waals surface area (Å²) in [5.74, 6) is 1.61. The molecule has 0 saturated carbocycles. The van der Waals surface area contributed by atoms with E-state index in [1.54, 1.807) is 32.4 Å². The van der Waals surface area contributed by atoms with Gasteiger partial charge in [-0.2, -0.15) is 18.2 Å². The Balaban J connectivity index is 1.26. The molecule has 2 aromatic carbocycles. The van der Waals surface area contributed by atoms with E-state index >= 15 is 0 Å². The van der Waals surface area contributed by atoms with Crippen molar-refractivity contribution in [1.82, 2.24) is 15.0 Å². The van der Waals surface area contributed by atoms with E-state index in [-0.39, 0.29) is 0 Å². The van der Waals surface area contributed by atoms with Crippen molar-refractivity contribution in [1.29, 1.82) is 0 Å². The van der Waals surface area contributed by atoms with E-state index in [0.717, 1.165) is 31.3 Å². The largest absolute Gasteiger partial charge is 0.493 e. The number of hydrogen-bond acceptors (Lipinski definition) is 8. The summed E-state index contributed by atoms with van der Waals surface area (Å²) in [6.07, 6.45) is -4.34. The molecule has 1 aromatic heterocycles. The minimum Gasteiger partial charge on any atom is -0.493 e. The van der Waals surface area contributed by atoms with Gasteiger partial charge in [0.25, 0.3) is 0 Å². The highest BCUT2D eigenvalue weighted by Gasteiger charge is 2.31. The van der Waals surface area contributed by atoms with Crippen LogP contribution in [0.1, 0.15) is 5.56 Å². The maximum atomic E-state index is 13.0. The van der Waals surface area contributed by atoms with Gasteiger partial charge in [-0.1, -0.05) is 11.2 Å². The number of nitrogens with one attached hydrogen (secondary N) is 1. The van der Waals surface area contributed by atoms with Crippen molar-refractivity contribution in [2.75, 3.05) is 63.7 Å². The van der Waals surface area contributed by atoms with Crippen LogP contribution in [-0.2, 0) is 6.18 Å². The molecule has 0 bridgehead atoms. The maximum absolute atomic E-state index is 13.0. The van der Waals surface area contributed by atoms with Gasteiger partial charge >= 0.3 is 12.2 Å². The molecule has 4 rings (SSSR count). The predicted molar refractivity (Wildman–Crippen MR) is 121 cm³/mol. The van der Waals surface area contributed by atoms with Crippen molar-refractivity contribution in [3.05, 3.63) is 48.0 Å². The molecule has 0 amide bonds. The average Bonchev–Trinajstić information content (AvgIpc) is 3.32. The second kappa shape index (κ2) is 10.2. The summed E-state index contributed by atoms with van der Waals surface area (Å²) in [6, 6.07) is 11.2. The minimum absolute atomic E-state index is 0.312. The van der Waals surface area contributed by atoms with Crippen molar-refractivity contribution in [3.8, 4) is 22.9 Å². The number of hydrogen-bond donors (Lipinski definition) is 1. The monoisotopic (exact) mass is 477 g/mol. The van der Waals surface area contributed by atoms with Gasteiger partial charge in [0.2, 0.25) is 5.82 Å². The lowest BCUT2D eigenvalue weighted by molar-refractivity contribution is -0.137. The topological polar surface area (TPSA) is 75.9 Å². The number of halogens is 3. The molecule has 1 aliphatic heterocycles. The average molecular weight is 477 g/mol. The van der Waals surface area contributed by atoms with Gasteiger partial charge in [0.15, 0.2) is 11.5 Å². The van der Waals surface area contributed by atoms with Crippen molar-refractivity contribution in [2.45, 2.75) is 6.18 Å². The standard InChI is InChI=1S/C23H26F3N5O3/c1-32-19-7-6-16(14-20(19)33-2)21-28-22(34-29-21)27-8-9-30-10-12-31(13-11-30)18-5-3-4-17(15-18)23(24,25)26/h3-7,14-15H,8-13H2,1-2H3,(H,27,28,29). The van der Waals surface area contributed by atoms with Crippen LogP contribution in [0.4, 0.5) is 24.9 Å². The van der Waals surface area contributed by atoms with Gasteiger partial charge in [-0.15, -0.1) is 0 Å². The van der Waals surface area contributed by atoms with Crippen LogP contribution in [0.15, 0.2) is 47.0 Å². The molecule has 8 nitrogen and oxygen atoms in total. The summed E-state index contributed by atoms with van der Waals surface area (Å²) in [7, 11) is 3.13. The highest BCUT2D eigenvalue weighted by molar-refractivity contribution is 5.61. The summed E-state index contributed by atoms with van der Waals surface area (Å²) in [5, 5.41) is 7.13. The smallest absolute Gasteiger partial charge is 0.416 e. The van der Waals surface area contributed by atoms with Crippen molar-refractivity contribution in [3.63, 3.8) is 0 Å². The van der Waals surface area contributed by atoms with Gasteiger partial charge < -0.3 is 24.2 Å². The molecular weight excluding hydrogens is 451 g/mol. The first kappa shape index (κ1) is 23.7. The van der Waals surface area contributed by atoms with E-state index in [1.165, 1.54) is 12.1 Å². The van der Waals surface area contributed by atoms with Crippen LogP contribution in [0.25, 0.3) is 11.4 Å². The Morgan fingerprint density at radius 2 is 1.76 bits per heavy atom. The molecule has 182 valence electrons. The van der Waals surface area contributed by atoms with Crippen LogP contribution >= 0.6 is 0 Å². The van der Waals surface area contributed by atoms with Gasteiger partial charge in [-0.25, -0.2) is 0 Å². The summed E-state index contributed by atoms with van der Waals surface area (Å²) in [6.45, 7) is 4.15. The third kappa shape index (κ3) is 5.53. The highest BCUT2D eigenvalue weighted by Crippen LogP contribution is 2.32. The number of aromatic nitrogens is 2. The normalized spacial score (nSPS) is 14.8. The highest BCUT2D eigenvalue weighted by atomic mass is 19.4. The molecular formula is C23H26F3N5O3. The van der Waals surface area contributed by atoms with Crippen molar-refractivity contribution < 1.29 is 27.2 Å². The molecule has 3 aromatic rings. The molecule has 0 radical (unpaired) electrons. The Labute approximate surface area is 195 Å². The second-order valence-electron chi connectivity index (χ2n) is 7.80. The Kier molecular flexibility index (Phi) is 7.11. The molecule has 0 aliphatic carbocycles. The zero-order chi connectivity index (χ0) is 24.1. The van der Waals surface area contributed by atoms with E-state index in [1.807, 2.05) is 11.0 Å². The summed E-state index contributed by atoms with van der Waals surface area (Å²) in [4.78, 5) is 8.59. The summed E-state index contributed by atoms with van der Waals surface area (Å²) >= 11 is 0. The Hall–Kier alpha value is -3.47. The second-order valence-corrected chi connectivity index (χ2v) is 7.80. The van der Waals surface area contributed by atoms with Gasteiger partial charge in [-0.3, -0.25) is 4.90 Å². The number of piperazine rings is 1. The number of rotatable bonds is 8. The maximum Gasteiger partial charge on any atom is 0.416 e. The van der Waals surface area contributed by atoms with Gasteiger partial charge in [0.1, 0.15) is 0 Å². The number of ether oxygens (including phenoxy) is 2. The van der Waals surface area contributed by atoms with E-state index in [2.05, 4.69) is 20.4 Å². The molecule has 1 fully saturated rings. The van der Waals surface area contributed by atoms with Gasteiger partial charge in [0, 0.05) is 50.5 Å². The Bertz CT molecular complexity index is 1100. The fraction of sp³-hybridized carbons (Fsp3) is 0.391. The Morgan fingerprint density at radius 1 is 1.00 bits per heavy atom. The molecule has 11 heteroatoms. The molecule has 34 heavy (non-hydrogen) atoms. The first-order valence-electron chi connectivity index (χ1n) is 10.8. The van der Waals surface area contributed by atoms with Crippen LogP contribution < -0.4 is 19.7 Å². The van der Waals surface area contributed by atoms with Crippen LogP contribution in [-0.4, -0.2) is 68.5 Å². The first-order chi connectivity index (χ1) is 16.4. The predicted octanol–water partition coefficient (Wildman–Crippen LogP) is 4.01. The number of nitrogens with zero attached hydrogens (tertiary/aromatic N) is 4. The third-order valence-electron chi connectivity index (χ3n) is 5.68. The minimum atomic E-state index is -4.34. The van der Waals surface area contributed by atoms with E-state index in [0.29, 0.717) is 48.7 Å². The zero-order valence-electron chi connectivity index (χ0n) is 18.9. The molecule has 1 N–H and O–H groups in total. The molecule has 0 unspecified atom stereocenters. The summed E-state index contributed by atoms with van der Waals surface area (Å²) in [5.41, 5.74) is 0.713. The van der Waals surface area contributed by atoms with Crippen molar-refractivity contribution >= 4 is 11.7 Å². The summed E-state index contributed by atoms with van der Waals surface area (Å²) < 4.78 is 54.8. The zero-order valence-corrected chi connectivity index (χ0v) is 18.9. The lowest BCUT2D eigenvalue weighted by Crippen LogP contribution is -2.47. The van der Waals surface area contributed by atoms with Crippen LogP contribution in [0.3, 0.4) is 0 Å². The van der Waals surface area contributed by atoms with E-state index in [4.69, 9.17) is 14.0 Å². The van der Waals surface area contributed by atoms with Crippen LogP contribution in [0.2, 0.25) is 0 Å². The van der Waals surface area contributed by atoms with E-state index in [9.17, 15) is 13.2 Å². The van der Waals surface area contributed by atoms with Crippen LogP contribution in [0.5, 0.6) is 11.5 Å². The number of alkyl halides is 3. The number of anilines is 2. The number of benzene rings is 2. The fourth-order valence-electron chi connectivity index (χ4n) is 3.82. The van der Waals surface area contributed by atoms with Crippen LogP contribution in [0, 0.1) is 0 Å². The molecule has 1 aliphatic rings. The fourth-order valence-corrected chi connectivity index (χ4v) is 3.82. The Morgan fingerprint density at radius 3 is 2.47 bits per heavy atom. The number of methoxy groups -OCH3 is 2. The molecule has 1 saturated heterocycles. The van der Waals surface area contributed by atoms with Crippen molar-refractivity contribution in [2.24, 2.45) is 0 Å². The molecule has 2 heterocycles. The van der Waals surface area contributed by atoms with Gasteiger partial charge in [-0.05, 0) is 36.4 Å². The first-order valence-corrected chi connectivity index (χ1v) is 10.8. The van der Waals surface area contributed by atoms with Gasteiger partial charge in [0.05, 0.1) is 19.8 Å². The third-order valence-corrected chi connectivity index (χ3v) is 5.68. The SMILES string of the molecule is COc1ccc(-c2noc(NCCN3CCN(c4cccc(C(F)(F)F)c4)CC3)n2)cc1OC. The lowest BCUT2D eigenvalue weighted by atomic mass is 10.1.